The lowest BCUT2D eigenvalue weighted by Gasteiger charge is -2.51. The second kappa shape index (κ2) is 11.8. The van der Waals surface area contributed by atoms with Gasteiger partial charge >= 0.3 is 11.9 Å². The van der Waals surface area contributed by atoms with E-state index in [1.54, 1.807) is 6.07 Å². The van der Waals surface area contributed by atoms with E-state index in [0.717, 1.165) is 37.7 Å². The summed E-state index contributed by atoms with van der Waals surface area (Å²) in [4.78, 5) is 23.0. The summed E-state index contributed by atoms with van der Waals surface area (Å²) in [7, 11) is 0. The molecule has 0 aromatic heterocycles. The summed E-state index contributed by atoms with van der Waals surface area (Å²) in [5.41, 5.74) is 1.96. The fourth-order valence-corrected chi connectivity index (χ4v) is 8.42. The number of aliphatic hydroxyl groups is 6. The lowest BCUT2D eigenvalue weighted by atomic mass is 9.55. The zero-order valence-electron chi connectivity index (χ0n) is 24.1. The molecule has 2 heterocycles. The molecule has 8 N–H and O–H groups in total. The number of fused-ring (bicyclic) bond motifs is 5. The highest BCUT2D eigenvalue weighted by atomic mass is 16.7. The van der Waals surface area contributed by atoms with Crippen molar-refractivity contribution in [2.45, 2.75) is 119 Å². The minimum Gasteiger partial charge on any atom is -0.479 e. The van der Waals surface area contributed by atoms with Crippen LogP contribution in [0.3, 0.4) is 0 Å². The molecule has 6 rings (SSSR count). The Morgan fingerprint density at radius 2 is 1.41 bits per heavy atom. The first-order valence-electron chi connectivity index (χ1n) is 15.1. The quantitative estimate of drug-likeness (QED) is 0.192. The van der Waals surface area contributed by atoms with Gasteiger partial charge in [0.1, 0.15) is 42.4 Å². The Balaban J connectivity index is 1.14. The number of carboxylic acid groups (broad SMARTS) is 2. The van der Waals surface area contributed by atoms with Gasteiger partial charge in [-0.25, -0.2) is 9.59 Å². The van der Waals surface area contributed by atoms with Gasteiger partial charge in [0, 0.05) is 0 Å². The molecule has 2 saturated heterocycles. The van der Waals surface area contributed by atoms with Crippen LogP contribution in [0.5, 0.6) is 5.75 Å². The molecule has 0 amide bonds. The van der Waals surface area contributed by atoms with Crippen LogP contribution < -0.4 is 4.74 Å². The van der Waals surface area contributed by atoms with Crippen molar-refractivity contribution in [3.63, 3.8) is 0 Å². The molecular formula is C30H40O14. The maximum absolute atomic E-state index is 11.5. The molecule has 244 valence electrons. The van der Waals surface area contributed by atoms with E-state index in [-0.39, 0.29) is 23.4 Å². The zero-order valence-corrected chi connectivity index (χ0v) is 24.1. The first kappa shape index (κ1) is 31.6. The molecule has 0 bridgehead atoms. The van der Waals surface area contributed by atoms with Gasteiger partial charge in [-0.2, -0.15) is 0 Å². The Labute approximate surface area is 252 Å². The highest BCUT2D eigenvalue weighted by Crippen LogP contribution is 2.62. The van der Waals surface area contributed by atoms with E-state index in [1.807, 2.05) is 12.1 Å². The van der Waals surface area contributed by atoms with Crippen LogP contribution in [0, 0.1) is 17.3 Å². The number of carbonyl (C=O) groups is 2. The smallest absolute Gasteiger partial charge is 0.335 e. The number of ether oxygens (including phenoxy) is 4. The van der Waals surface area contributed by atoms with Crippen LogP contribution in [0.1, 0.15) is 56.1 Å². The molecule has 2 saturated carbocycles. The van der Waals surface area contributed by atoms with Gasteiger partial charge in [0.2, 0.25) is 6.29 Å². The highest BCUT2D eigenvalue weighted by molar-refractivity contribution is 5.73. The molecule has 4 fully saturated rings. The topological polar surface area (TPSA) is 233 Å². The third-order valence-corrected chi connectivity index (χ3v) is 10.8. The van der Waals surface area contributed by atoms with E-state index in [4.69, 9.17) is 18.9 Å². The average Bonchev–Trinajstić information content (AvgIpc) is 3.32. The van der Waals surface area contributed by atoms with Gasteiger partial charge in [0.15, 0.2) is 18.5 Å². The summed E-state index contributed by atoms with van der Waals surface area (Å²) in [5, 5.41) is 79.9. The van der Waals surface area contributed by atoms with Crippen molar-refractivity contribution in [2.24, 2.45) is 17.3 Å². The normalized spacial score (nSPS) is 46.8. The van der Waals surface area contributed by atoms with Crippen molar-refractivity contribution >= 4 is 11.9 Å². The number of carboxylic acids is 2. The molecule has 5 aliphatic rings. The predicted octanol–water partition coefficient (Wildman–Crippen LogP) is -0.909. The summed E-state index contributed by atoms with van der Waals surface area (Å²) >= 11 is 0. The summed E-state index contributed by atoms with van der Waals surface area (Å²) in [5.74, 6) is -1.71. The van der Waals surface area contributed by atoms with Crippen molar-refractivity contribution in [3.05, 3.63) is 29.3 Å². The van der Waals surface area contributed by atoms with Gasteiger partial charge < -0.3 is 59.8 Å². The van der Waals surface area contributed by atoms with E-state index >= 15 is 0 Å². The molecule has 1 aromatic carbocycles. The summed E-state index contributed by atoms with van der Waals surface area (Å²) in [6, 6.07) is 5.52. The first-order chi connectivity index (χ1) is 20.8. The van der Waals surface area contributed by atoms with Gasteiger partial charge in [0.25, 0.3) is 0 Å². The largest absolute Gasteiger partial charge is 0.479 e. The SMILES string of the molecule is C[C@]12CC[C@@H]3c4ccc(O[C@@H]5O[C@H](C(=O)O)[C@@H](O)[C@H](O)[C@H]5O)cc4CC[C@H]3[C@@H]1CC[C@@H]2O[C@@H]1O[C@H](C(=O)O)[C@@H](O)[C@H](O)[C@H]1O. The van der Waals surface area contributed by atoms with Crippen molar-refractivity contribution in [1.29, 1.82) is 0 Å². The molecule has 1 aromatic rings. The van der Waals surface area contributed by atoms with Gasteiger partial charge in [0.05, 0.1) is 6.10 Å². The summed E-state index contributed by atoms with van der Waals surface area (Å²) in [6.07, 6.45) is -12.2. The van der Waals surface area contributed by atoms with Gasteiger partial charge in [-0.3, -0.25) is 0 Å². The summed E-state index contributed by atoms with van der Waals surface area (Å²) < 4.78 is 22.6. The number of benzene rings is 1. The number of aliphatic hydroxyl groups excluding tert-OH is 6. The molecule has 44 heavy (non-hydrogen) atoms. The molecule has 14 heteroatoms. The second-order valence-corrected chi connectivity index (χ2v) is 13.1. The van der Waals surface area contributed by atoms with E-state index in [0.29, 0.717) is 18.1 Å². The second-order valence-electron chi connectivity index (χ2n) is 13.1. The number of hydrogen-bond donors (Lipinski definition) is 8. The number of hydrogen-bond acceptors (Lipinski definition) is 12. The Hall–Kier alpha value is -2.40. The third-order valence-electron chi connectivity index (χ3n) is 10.8. The molecule has 3 aliphatic carbocycles. The van der Waals surface area contributed by atoms with Crippen molar-refractivity contribution in [3.8, 4) is 5.75 Å². The molecule has 15 atom stereocenters. The van der Waals surface area contributed by atoms with Crippen molar-refractivity contribution in [2.75, 3.05) is 0 Å². The van der Waals surface area contributed by atoms with Gasteiger partial charge in [-0.1, -0.05) is 13.0 Å². The maximum Gasteiger partial charge on any atom is 0.335 e. The maximum atomic E-state index is 11.5. The fraction of sp³-hybridized carbons (Fsp3) is 0.733. The van der Waals surface area contributed by atoms with Crippen LogP contribution in [0.25, 0.3) is 0 Å². The van der Waals surface area contributed by atoms with Crippen molar-refractivity contribution in [1.82, 2.24) is 0 Å². The molecule has 2 aliphatic heterocycles. The van der Waals surface area contributed by atoms with Crippen LogP contribution in [0.2, 0.25) is 0 Å². The number of aliphatic carboxylic acids is 2. The van der Waals surface area contributed by atoms with Gasteiger partial charge in [-0.15, -0.1) is 0 Å². The predicted molar refractivity (Wildman–Crippen MR) is 145 cm³/mol. The third kappa shape index (κ3) is 5.19. The monoisotopic (exact) mass is 624 g/mol. The molecule has 0 unspecified atom stereocenters. The van der Waals surface area contributed by atoms with Crippen molar-refractivity contribution < 1.29 is 69.4 Å². The summed E-state index contributed by atoms with van der Waals surface area (Å²) in [6.45, 7) is 2.15. The zero-order chi connectivity index (χ0) is 31.7. The lowest BCUT2D eigenvalue weighted by Crippen LogP contribution is -2.61. The van der Waals surface area contributed by atoms with Crippen LogP contribution >= 0.6 is 0 Å². The Bertz CT molecular complexity index is 1260. The Kier molecular flexibility index (Phi) is 8.43. The molecule has 0 radical (unpaired) electrons. The molecule has 14 nitrogen and oxygen atoms in total. The standard InChI is InChI=1S/C30H40O14/c1-30-9-8-14-13-5-3-12(41-28-22(35)18(31)20(33)24(43-28)26(37)38)10-11(13)2-4-15(14)16(30)6-7-17(30)42-29-23(36)19(32)21(34)25(44-29)27(39)40/h3,5,10,14-25,28-29,31-36H,2,4,6-9H2,1H3,(H,37,38)(H,39,40)/t14-,15-,16+,17+,18+,19+,20+,21+,22-,23-,24+,25+,28-,29-,30+/m1/s1. The number of rotatable bonds is 6. The molecule has 0 spiro atoms. The van der Waals surface area contributed by atoms with E-state index in [9.17, 15) is 50.4 Å². The minimum absolute atomic E-state index is 0.263. The minimum atomic E-state index is -1.80. The average molecular weight is 625 g/mol. The first-order valence-corrected chi connectivity index (χ1v) is 15.1. The number of aryl methyl sites for hydroxylation is 1. The van der Waals surface area contributed by atoms with E-state index in [1.165, 1.54) is 5.56 Å². The van der Waals surface area contributed by atoms with E-state index < -0.39 is 73.4 Å². The van der Waals surface area contributed by atoms with E-state index in [2.05, 4.69) is 6.92 Å². The Morgan fingerprint density at radius 3 is 2.05 bits per heavy atom. The lowest BCUT2D eigenvalue weighted by molar-refractivity contribution is -0.312. The van der Waals surface area contributed by atoms with Crippen LogP contribution in [-0.4, -0.2) is 120 Å². The Morgan fingerprint density at radius 1 is 0.795 bits per heavy atom. The fourth-order valence-electron chi connectivity index (χ4n) is 8.42. The highest BCUT2D eigenvalue weighted by Gasteiger charge is 2.57. The molecular weight excluding hydrogens is 584 g/mol. The van der Waals surface area contributed by atoms with Crippen LogP contribution in [0.15, 0.2) is 18.2 Å². The van der Waals surface area contributed by atoms with Crippen LogP contribution in [-0.2, 0) is 30.2 Å². The van der Waals surface area contributed by atoms with Crippen LogP contribution in [0.4, 0.5) is 0 Å². The van der Waals surface area contributed by atoms with Gasteiger partial charge in [-0.05, 0) is 85.0 Å².